The molecule has 1 saturated carbocycles. The number of fused-ring (bicyclic) bond motifs is 1. The highest BCUT2D eigenvalue weighted by atomic mass is 16.2. The maximum Gasteiger partial charge on any atom is 0.227 e. The van der Waals surface area contributed by atoms with Gasteiger partial charge in [0.2, 0.25) is 5.91 Å². The third-order valence-corrected chi connectivity index (χ3v) is 4.11. The van der Waals surface area contributed by atoms with Gasteiger partial charge in [-0.2, -0.15) is 0 Å². The summed E-state index contributed by atoms with van der Waals surface area (Å²) in [4.78, 5) is 11.4. The molecule has 1 saturated heterocycles. The van der Waals surface area contributed by atoms with Crippen molar-refractivity contribution in [3.05, 3.63) is 0 Å². The Morgan fingerprint density at radius 2 is 1.82 bits per heavy atom. The van der Waals surface area contributed by atoms with Crippen molar-refractivity contribution < 1.29 is 4.79 Å². The molecule has 11 heavy (non-hydrogen) atoms. The van der Waals surface area contributed by atoms with E-state index in [0.717, 1.165) is 6.42 Å². The zero-order chi connectivity index (χ0) is 8.49. The fourth-order valence-electron chi connectivity index (χ4n) is 2.46. The molecule has 2 heteroatoms. The number of carbonyl (C=O) groups is 1. The first-order valence-corrected chi connectivity index (χ1v) is 4.16. The minimum Gasteiger partial charge on any atom is -0.350 e. The standard InChI is InChI=1S/C9H15NO/c1-7(2)9(4)5-8(9,3)6(11)10-7/h5H2,1-4H3,(H,10,11)/t8-,9+/m0/s1. The van der Waals surface area contributed by atoms with Crippen LogP contribution in [0.25, 0.3) is 0 Å². The predicted octanol–water partition coefficient (Wildman–Crippen LogP) is 1.31. The summed E-state index contributed by atoms with van der Waals surface area (Å²) in [6, 6.07) is 0. The monoisotopic (exact) mass is 153 g/mol. The minimum atomic E-state index is -0.0590. The molecule has 0 aromatic carbocycles. The quantitative estimate of drug-likeness (QED) is 0.558. The summed E-state index contributed by atoms with van der Waals surface area (Å²) in [6.07, 6.45) is 1.05. The first-order valence-electron chi connectivity index (χ1n) is 4.16. The average molecular weight is 153 g/mol. The number of hydrogen-bond acceptors (Lipinski definition) is 1. The van der Waals surface area contributed by atoms with Gasteiger partial charge in [-0.25, -0.2) is 0 Å². The van der Waals surface area contributed by atoms with E-state index in [1.165, 1.54) is 0 Å². The number of hydrogen-bond donors (Lipinski definition) is 1. The van der Waals surface area contributed by atoms with Crippen molar-refractivity contribution in [2.24, 2.45) is 10.8 Å². The lowest BCUT2D eigenvalue weighted by Crippen LogP contribution is -2.43. The van der Waals surface area contributed by atoms with Crippen LogP contribution < -0.4 is 5.32 Å². The van der Waals surface area contributed by atoms with Crippen LogP contribution in [0.4, 0.5) is 0 Å². The molecule has 0 aromatic rings. The third kappa shape index (κ3) is 0.501. The van der Waals surface area contributed by atoms with E-state index in [1.54, 1.807) is 0 Å². The number of piperidine rings is 1. The normalized spacial score (nSPS) is 51.8. The fraction of sp³-hybridized carbons (Fsp3) is 0.889. The van der Waals surface area contributed by atoms with E-state index in [4.69, 9.17) is 0 Å². The molecular formula is C9H15NO. The summed E-state index contributed by atoms with van der Waals surface area (Å²) < 4.78 is 0. The summed E-state index contributed by atoms with van der Waals surface area (Å²) in [6.45, 7) is 8.49. The van der Waals surface area contributed by atoms with Crippen LogP contribution in [-0.2, 0) is 4.79 Å². The van der Waals surface area contributed by atoms with Crippen LogP contribution in [0.1, 0.15) is 34.1 Å². The van der Waals surface area contributed by atoms with Gasteiger partial charge in [-0.1, -0.05) is 13.8 Å². The summed E-state index contributed by atoms with van der Waals surface area (Å²) in [5.74, 6) is 0.241. The van der Waals surface area contributed by atoms with Crippen LogP contribution in [0.2, 0.25) is 0 Å². The van der Waals surface area contributed by atoms with Crippen molar-refractivity contribution in [1.29, 1.82) is 0 Å². The Balaban J connectivity index is 2.45. The van der Waals surface area contributed by atoms with E-state index in [2.05, 4.69) is 33.0 Å². The third-order valence-electron chi connectivity index (χ3n) is 4.11. The summed E-state index contributed by atoms with van der Waals surface area (Å²) in [5, 5.41) is 3.03. The Kier molecular flexibility index (Phi) is 0.873. The second-order valence-electron chi connectivity index (χ2n) is 4.92. The largest absolute Gasteiger partial charge is 0.350 e. The highest BCUT2D eigenvalue weighted by Gasteiger charge is 2.76. The lowest BCUT2D eigenvalue weighted by Gasteiger charge is -2.27. The molecule has 2 nitrogen and oxygen atoms in total. The minimum absolute atomic E-state index is 0.00116. The first-order chi connectivity index (χ1) is 4.83. The lowest BCUT2D eigenvalue weighted by molar-refractivity contribution is -0.124. The van der Waals surface area contributed by atoms with Crippen molar-refractivity contribution in [2.45, 2.75) is 39.7 Å². The SMILES string of the molecule is CC1(C)NC(=O)[C@]2(C)C[C@]12C. The zero-order valence-electron chi connectivity index (χ0n) is 7.62. The molecule has 0 unspecified atom stereocenters. The second-order valence-corrected chi connectivity index (χ2v) is 4.92. The molecular weight excluding hydrogens is 138 g/mol. The van der Waals surface area contributed by atoms with Crippen molar-refractivity contribution >= 4 is 5.91 Å². The maximum absolute atomic E-state index is 11.4. The van der Waals surface area contributed by atoms with Crippen LogP contribution in [0, 0.1) is 10.8 Å². The van der Waals surface area contributed by atoms with Gasteiger partial charge < -0.3 is 5.32 Å². The number of carbonyl (C=O) groups excluding carboxylic acids is 1. The Morgan fingerprint density at radius 3 is 1.91 bits per heavy atom. The number of rotatable bonds is 0. The highest BCUT2D eigenvalue weighted by molar-refractivity contribution is 5.91. The first kappa shape index (κ1) is 7.14. The van der Waals surface area contributed by atoms with E-state index in [1.807, 2.05) is 0 Å². The molecule has 2 atom stereocenters. The van der Waals surface area contributed by atoms with Crippen LogP contribution in [0.3, 0.4) is 0 Å². The summed E-state index contributed by atoms with van der Waals surface area (Å²) in [5.41, 5.74) is 0.145. The molecule has 1 N–H and O–H groups in total. The van der Waals surface area contributed by atoms with Crippen molar-refractivity contribution in [3.63, 3.8) is 0 Å². The van der Waals surface area contributed by atoms with E-state index in [0.29, 0.717) is 0 Å². The van der Waals surface area contributed by atoms with Gasteiger partial charge in [-0.15, -0.1) is 0 Å². The number of amides is 1. The van der Waals surface area contributed by atoms with Crippen molar-refractivity contribution in [2.75, 3.05) is 0 Å². The molecule has 2 aliphatic rings. The van der Waals surface area contributed by atoms with Gasteiger partial charge in [0, 0.05) is 11.0 Å². The fourth-order valence-corrected chi connectivity index (χ4v) is 2.46. The summed E-state index contributed by atoms with van der Waals surface area (Å²) >= 11 is 0. The van der Waals surface area contributed by atoms with Gasteiger partial charge in [-0.3, -0.25) is 4.79 Å². The van der Waals surface area contributed by atoms with Crippen LogP contribution in [0.5, 0.6) is 0 Å². The topological polar surface area (TPSA) is 29.1 Å². The Morgan fingerprint density at radius 1 is 1.27 bits per heavy atom. The molecule has 1 amide bonds. The molecule has 62 valence electrons. The maximum atomic E-state index is 11.4. The molecule has 0 spiro atoms. The molecule has 0 radical (unpaired) electrons. The van der Waals surface area contributed by atoms with Crippen LogP contribution in [0.15, 0.2) is 0 Å². The highest BCUT2D eigenvalue weighted by Crippen LogP contribution is 2.72. The van der Waals surface area contributed by atoms with Crippen molar-refractivity contribution in [3.8, 4) is 0 Å². The van der Waals surface area contributed by atoms with Gasteiger partial charge in [0.15, 0.2) is 0 Å². The Hall–Kier alpha value is -0.530. The molecule has 1 heterocycles. The average Bonchev–Trinajstić information content (AvgIpc) is 2.33. The van der Waals surface area contributed by atoms with Gasteiger partial charge in [0.25, 0.3) is 0 Å². The van der Waals surface area contributed by atoms with Gasteiger partial charge in [0.05, 0.1) is 5.41 Å². The van der Waals surface area contributed by atoms with Gasteiger partial charge in [-0.05, 0) is 20.3 Å². The van der Waals surface area contributed by atoms with Crippen molar-refractivity contribution in [1.82, 2.24) is 5.32 Å². The van der Waals surface area contributed by atoms with E-state index < -0.39 is 0 Å². The van der Waals surface area contributed by atoms with Crippen LogP contribution in [-0.4, -0.2) is 11.4 Å². The molecule has 1 aliphatic heterocycles. The molecule has 0 bridgehead atoms. The Bertz CT molecular complexity index is 246. The smallest absolute Gasteiger partial charge is 0.227 e. The number of nitrogens with one attached hydrogen (secondary N) is 1. The van der Waals surface area contributed by atoms with Gasteiger partial charge in [0.1, 0.15) is 0 Å². The van der Waals surface area contributed by atoms with Crippen LogP contribution >= 0.6 is 0 Å². The van der Waals surface area contributed by atoms with Gasteiger partial charge >= 0.3 is 0 Å². The second kappa shape index (κ2) is 1.35. The molecule has 2 rings (SSSR count). The van der Waals surface area contributed by atoms with E-state index >= 15 is 0 Å². The lowest BCUT2D eigenvalue weighted by atomic mass is 9.84. The van der Waals surface area contributed by atoms with E-state index in [-0.39, 0.29) is 22.3 Å². The Labute approximate surface area is 67.4 Å². The molecule has 0 aromatic heterocycles. The zero-order valence-corrected chi connectivity index (χ0v) is 7.62. The summed E-state index contributed by atoms with van der Waals surface area (Å²) in [7, 11) is 0. The van der Waals surface area contributed by atoms with E-state index in [9.17, 15) is 4.79 Å². The molecule has 1 aliphatic carbocycles. The molecule has 2 fully saturated rings. The predicted molar refractivity (Wildman–Crippen MR) is 43.1 cm³/mol.